The fraction of sp³-hybridized carbons (Fsp3) is 0.900. The van der Waals surface area contributed by atoms with Gasteiger partial charge in [0, 0.05) is 17.5 Å². The van der Waals surface area contributed by atoms with E-state index in [1.807, 2.05) is 0 Å². The molecular formula is C10H16BrNO2. The van der Waals surface area contributed by atoms with Gasteiger partial charge in [-0.15, -0.1) is 0 Å². The molecular weight excluding hydrogens is 246 g/mol. The third-order valence-corrected chi connectivity index (χ3v) is 4.25. The predicted molar refractivity (Wildman–Crippen MR) is 57.5 cm³/mol. The summed E-state index contributed by atoms with van der Waals surface area (Å²) < 4.78 is 5.35. The zero-order valence-corrected chi connectivity index (χ0v) is 9.81. The van der Waals surface area contributed by atoms with Crippen LogP contribution in [0.2, 0.25) is 0 Å². The van der Waals surface area contributed by atoms with Gasteiger partial charge in [0.2, 0.25) is 5.91 Å². The lowest BCUT2D eigenvalue weighted by atomic mass is 9.78. The van der Waals surface area contributed by atoms with Crippen molar-refractivity contribution in [3.05, 3.63) is 0 Å². The highest BCUT2D eigenvalue weighted by Crippen LogP contribution is 2.33. The van der Waals surface area contributed by atoms with Gasteiger partial charge < -0.3 is 10.1 Å². The molecule has 2 fully saturated rings. The molecule has 0 aromatic carbocycles. The van der Waals surface area contributed by atoms with Gasteiger partial charge in [-0.3, -0.25) is 4.79 Å². The standard InChI is InChI=1S/C10H16BrNO2/c11-7-10(4-2-5-10)12-9(13)8-3-1-6-14-8/h8H,1-7H2,(H,12,13). The van der Waals surface area contributed by atoms with E-state index in [-0.39, 0.29) is 17.6 Å². The minimum Gasteiger partial charge on any atom is -0.368 e. The highest BCUT2D eigenvalue weighted by atomic mass is 79.9. The Labute approximate surface area is 92.7 Å². The van der Waals surface area contributed by atoms with Gasteiger partial charge in [-0.1, -0.05) is 15.9 Å². The number of rotatable bonds is 3. The number of hydrogen-bond donors (Lipinski definition) is 1. The van der Waals surface area contributed by atoms with Crippen LogP contribution in [0.4, 0.5) is 0 Å². The van der Waals surface area contributed by atoms with Crippen molar-refractivity contribution >= 4 is 21.8 Å². The van der Waals surface area contributed by atoms with E-state index < -0.39 is 0 Å². The molecule has 2 rings (SSSR count). The monoisotopic (exact) mass is 261 g/mol. The molecule has 0 bridgehead atoms. The lowest BCUT2D eigenvalue weighted by Gasteiger charge is -2.41. The normalized spacial score (nSPS) is 29.6. The van der Waals surface area contributed by atoms with Crippen LogP contribution in [0.15, 0.2) is 0 Å². The van der Waals surface area contributed by atoms with Crippen molar-refractivity contribution in [3.8, 4) is 0 Å². The van der Waals surface area contributed by atoms with E-state index >= 15 is 0 Å². The Kier molecular flexibility index (Phi) is 3.12. The molecule has 0 spiro atoms. The van der Waals surface area contributed by atoms with E-state index in [0.717, 1.165) is 37.6 Å². The molecule has 1 saturated heterocycles. The van der Waals surface area contributed by atoms with Crippen LogP contribution in [0.25, 0.3) is 0 Å². The van der Waals surface area contributed by atoms with Crippen LogP contribution >= 0.6 is 15.9 Å². The maximum absolute atomic E-state index is 11.8. The summed E-state index contributed by atoms with van der Waals surface area (Å²) in [4.78, 5) is 11.8. The molecule has 1 aliphatic heterocycles. The van der Waals surface area contributed by atoms with Crippen molar-refractivity contribution in [3.63, 3.8) is 0 Å². The van der Waals surface area contributed by atoms with Crippen LogP contribution in [0.3, 0.4) is 0 Å². The first kappa shape index (κ1) is 10.4. The van der Waals surface area contributed by atoms with Gasteiger partial charge in [-0.25, -0.2) is 0 Å². The van der Waals surface area contributed by atoms with Gasteiger partial charge in [0.15, 0.2) is 0 Å². The van der Waals surface area contributed by atoms with Crippen molar-refractivity contribution in [1.29, 1.82) is 0 Å². The van der Waals surface area contributed by atoms with Gasteiger partial charge in [0.1, 0.15) is 6.10 Å². The molecule has 14 heavy (non-hydrogen) atoms. The summed E-state index contributed by atoms with van der Waals surface area (Å²) in [7, 11) is 0. The number of nitrogens with one attached hydrogen (secondary N) is 1. The number of amides is 1. The van der Waals surface area contributed by atoms with E-state index in [2.05, 4.69) is 21.2 Å². The first-order valence-corrected chi connectivity index (χ1v) is 6.37. The molecule has 3 nitrogen and oxygen atoms in total. The molecule has 1 saturated carbocycles. The predicted octanol–water partition coefficient (Wildman–Crippen LogP) is 1.60. The topological polar surface area (TPSA) is 38.3 Å². The van der Waals surface area contributed by atoms with Gasteiger partial charge in [0.25, 0.3) is 0 Å². The largest absolute Gasteiger partial charge is 0.368 e. The molecule has 1 unspecified atom stereocenters. The maximum Gasteiger partial charge on any atom is 0.249 e. The summed E-state index contributed by atoms with van der Waals surface area (Å²) >= 11 is 3.46. The Morgan fingerprint density at radius 2 is 2.29 bits per heavy atom. The number of ether oxygens (including phenoxy) is 1. The number of carbonyl (C=O) groups is 1. The van der Waals surface area contributed by atoms with E-state index in [4.69, 9.17) is 4.74 Å². The quantitative estimate of drug-likeness (QED) is 0.784. The van der Waals surface area contributed by atoms with Crippen LogP contribution < -0.4 is 5.32 Å². The minimum atomic E-state index is -0.188. The third kappa shape index (κ3) is 1.96. The molecule has 80 valence electrons. The smallest absolute Gasteiger partial charge is 0.249 e. The molecule has 1 N–H and O–H groups in total. The molecule has 1 aliphatic carbocycles. The van der Waals surface area contributed by atoms with E-state index in [9.17, 15) is 4.79 Å². The number of carbonyl (C=O) groups excluding carboxylic acids is 1. The molecule has 0 radical (unpaired) electrons. The Hall–Kier alpha value is -0.0900. The first-order chi connectivity index (χ1) is 6.76. The van der Waals surface area contributed by atoms with E-state index in [1.54, 1.807) is 0 Å². The summed E-state index contributed by atoms with van der Waals surface area (Å²) in [5.41, 5.74) is 0.0308. The van der Waals surface area contributed by atoms with Gasteiger partial charge in [-0.2, -0.15) is 0 Å². The Balaban J connectivity index is 1.86. The summed E-state index contributed by atoms with van der Waals surface area (Å²) in [5, 5.41) is 3.97. The zero-order valence-electron chi connectivity index (χ0n) is 8.22. The minimum absolute atomic E-state index is 0.0308. The second kappa shape index (κ2) is 4.19. The Bertz CT molecular complexity index is 217. The van der Waals surface area contributed by atoms with Crippen molar-refractivity contribution in [2.24, 2.45) is 0 Å². The highest BCUT2D eigenvalue weighted by Gasteiger charge is 2.39. The molecule has 1 amide bonds. The molecule has 0 aromatic heterocycles. The molecule has 4 heteroatoms. The summed E-state index contributed by atoms with van der Waals surface area (Å²) in [6.07, 6.45) is 5.11. The van der Waals surface area contributed by atoms with Gasteiger partial charge in [0.05, 0.1) is 0 Å². The highest BCUT2D eigenvalue weighted by molar-refractivity contribution is 9.09. The van der Waals surface area contributed by atoms with Gasteiger partial charge >= 0.3 is 0 Å². The number of alkyl halides is 1. The summed E-state index contributed by atoms with van der Waals surface area (Å²) in [5.74, 6) is 0.0849. The second-order valence-corrected chi connectivity index (χ2v) is 4.82. The number of halogens is 1. The second-order valence-electron chi connectivity index (χ2n) is 4.26. The van der Waals surface area contributed by atoms with Crippen LogP contribution in [-0.2, 0) is 9.53 Å². The fourth-order valence-electron chi connectivity index (χ4n) is 2.02. The van der Waals surface area contributed by atoms with Gasteiger partial charge in [-0.05, 0) is 32.1 Å². The first-order valence-electron chi connectivity index (χ1n) is 5.25. The Morgan fingerprint density at radius 1 is 1.50 bits per heavy atom. The maximum atomic E-state index is 11.8. The summed E-state index contributed by atoms with van der Waals surface area (Å²) in [6, 6.07) is 0. The lowest BCUT2D eigenvalue weighted by molar-refractivity contribution is -0.132. The lowest BCUT2D eigenvalue weighted by Crippen LogP contribution is -2.57. The van der Waals surface area contributed by atoms with Crippen molar-refractivity contribution in [2.45, 2.75) is 43.7 Å². The molecule has 2 aliphatic rings. The Morgan fingerprint density at radius 3 is 2.71 bits per heavy atom. The summed E-state index contributed by atoms with van der Waals surface area (Å²) in [6.45, 7) is 0.736. The average Bonchev–Trinajstić information content (AvgIpc) is 2.63. The zero-order chi connectivity index (χ0) is 10.0. The van der Waals surface area contributed by atoms with Crippen LogP contribution in [0.1, 0.15) is 32.1 Å². The van der Waals surface area contributed by atoms with Crippen LogP contribution in [0, 0.1) is 0 Å². The number of hydrogen-bond acceptors (Lipinski definition) is 2. The molecule has 1 heterocycles. The van der Waals surface area contributed by atoms with E-state index in [0.29, 0.717) is 0 Å². The fourth-order valence-corrected chi connectivity index (χ4v) is 2.72. The third-order valence-electron chi connectivity index (χ3n) is 3.18. The SMILES string of the molecule is O=C(NC1(CBr)CCC1)C1CCCO1. The molecule has 0 aromatic rings. The van der Waals surface area contributed by atoms with Crippen LogP contribution in [0.5, 0.6) is 0 Å². The van der Waals surface area contributed by atoms with Crippen molar-refractivity contribution in [2.75, 3.05) is 11.9 Å². The van der Waals surface area contributed by atoms with Crippen molar-refractivity contribution in [1.82, 2.24) is 5.32 Å². The molecule has 1 atom stereocenters. The van der Waals surface area contributed by atoms with Crippen LogP contribution in [-0.4, -0.2) is 29.5 Å². The van der Waals surface area contributed by atoms with E-state index in [1.165, 1.54) is 6.42 Å². The average molecular weight is 262 g/mol. The van der Waals surface area contributed by atoms with Crippen molar-refractivity contribution < 1.29 is 9.53 Å².